The van der Waals surface area contributed by atoms with Crippen LogP contribution in [0, 0.1) is 10.1 Å². The molecule has 8 heteroatoms. The minimum atomic E-state index is -0.470. The molecule has 0 spiro atoms. The summed E-state index contributed by atoms with van der Waals surface area (Å²) in [6, 6.07) is 10.1. The SMILES string of the molecule is CN1CCN(c2cccc(-c3cc4ncc([N+](=O)[O-])cn4n3)c2)CC1. The predicted molar refractivity (Wildman–Crippen MR) is 94.8 cm³/mol. The van der Waals surface area contributed by atoms with Crippen LogP contribution in [0.1, 0.15) is 0 Å². The van der Waals surface area contributed by atoms with Gasteiger partial charge in [-0.1, -0.05) is 12.1 Å². The fourth-order valence-corrected chi connectivity index (χ4v) is 3.03. The molecule has 0 atom stereocenters. The fraction of sp³-hybridized carbons (Fsp3) is 0.294. The summed E-state index contributed by atoms with van der Waals surface area (Å²) in [4.78, 5) is 19.2. The second-order valence-electron chi connectivity index (χ2n) is 6.24. The van der Waals surface area contributed by atoms with Gasteiger partial charge in [-0.25, -0.2) is 9.50 Å². The van der Waals surface area contributed by atoms with E-state index in [1.54, 1.807) is 0 Å². The zero-order chi connectivity index (χ0) is 17.4. The van der Waals surface area contributed by atoms with Crippen LogP contribution >= 0.6 is 0 Å². The number of piperazine rings is 1. The summed E-state index contributed by atoms with van der Waals surface area (Å²) in [5.74, 6) is 0. The molecule has 1 fully saturated rings. The smallest absolute Gasteiger partial charge is 0.305 e. The minimum absolute atomic E-state index is 0.0756. The van der Waals surface area contributed by atoms with Gasteiger partial charge in [0.15, 0.2) is 5.65 Å². The van der Waals surface area contributed by atoms with Gasteiger partial charge in [0.05, 0.1) is 10.6 Å². The largest absolute Gasteiger partial charge is 0.369 e. The summed E-state index contributed by atoms with van der Waals surface area (Å²) in [5, 5.41) is 15.3. The zero-order valence-electron chi connectivity index (χ0n) is 13.9. The van der Waals surface area contributed by atoms with Gasteiger partial charge in [-0.3, -0.25) is 10.1 Å². The third kappa shape index (κ3) is 3.03. The molecule has 0 amide bonds. The molecule has 1 aliphatic heterocycles. The summed E-state index contributed by atoms with van der Waals surface area (Å²) >= 11 is 0. The molecular weight excluding hydrogens is 320 g/mol. The van der Waals surface area contributed by atoms with E-state index in [1.165, 1.54) is 22.6 Å². The number of aromatic nitrogens is 3. The van der Waals surface area contributed by atoms with Crippen molar-refractivity contribution in [2.75, 3.05) is 38.1 Å². The normalized spacial score (nSPS) is 15.6. The first kappa shape index (κ1) is 15.5. The Bertz CT molecular complexity index is 930. The van der Waals surface area contributed by atoms with Crippen LogP contribution in [0.25, 0.3) is 16.9 Å². The number of nitro groups is 1. The molecule has 0 N–H and O–H groups in total. The molecule has 4 rings (SSSR count). The third-order valence-corrected chi connectivity index (χ3v) is 4.52. The molecule has 2 aromatic heterocycles. The number of nitrogens with zero attached hydrogens (tertiary/aromatic N) is 6. The topological polar surface area (TPSA) is 79.8 Å². The third-order valence-electron chi connectivity index (χ3n) is 4.52. The molecule has 0 aliphatic carbocycles. The summed E-state index contributed by atoms with van der Waals surface area (Å²) in [6.45, 7) is 4.09. The highest BCUT2D eigenvalue weighted by molar-refractivity contribution is 5.68. The second-order valence-corrected chi connectivity index (χ2v) is 6.24. The summed E-state index contributed by atoms with van der Waals surface area (Å²) < 4.78 is 1.45. The maximum absolute atomic E-state index is 10.9. The van der Waals surface area contributed by atoms with Crippen molar-refractivity contribution >= 4 is 17.0 Å². The van der Waals surface area contributed by atoms with Gasteiger partial charge < -0.3 is 9.80 Å². The predicted octanol–water partition coefficient (Wildman–Crippen LogP) is 2.06. The van der Waals surface area contributed by atoms with Crippen molar-refractivity contribution in [3.05, 3.63) is 52.8 Å². The number of anilines is 1. The quantitative estimate of drug-likeness (QED) is 0.537. The lowest BCUT2D eigenvalue weighted by atomic mass is 10.1. The highest BCUT2D eigenvalue weighted by atomic mass is 16.6. The highest BCUT2D eigenvalue weighted by Gasteiger charge is 2.16. The molecule has 1 aromatic carbocycles. The average Bonchev–Trinajstić information content (AvgIpc) is 3.05. The average molecular weight is 338 g/mol. The number of rotatable bonds is 3. The molecule has 25 heavy (non-hydrogen) atoms. The van der Waals surface area contributed by atoms with E-state index in [-0.39, 0.29) is 5.69 Å². The van der Waals surface area contributed by atoms with Crippen molar-refractivity contribution in [1.82, 2.24) is 19.5 Å². The minimum Gasteiger partial charge on any atom is -0.369 e. The van der Waals surface area contributed by atoms with Gasteiger partial charge in [0.2, 0.25) is 0 Å². The lowest BCUT2D eigenvalue weighted by Crippen LogP contribution is -2.44. The molecular formula is C17H18N6O2. The number of likely N-dealkylation sites (N-methyl/N-ethyl adjacent to an activating group) is 1. The van der Waals surface area contributed by atoms with E-state index in [2.05, 4.69) is 39.1 Å². The Morgan fingerprint density at radius 3 is 2.72 bits per heavy atom. The maximum atomic E-state index is 10.9. The molecule has 3 heterocycles. The Labute approximate surface area is 144 Å². The molecule has 3 aromatic rings. The first-order valence-electron chi connectivity index (χ1n) is 8.14. The van der Waals surface area contributed by atoms with Crippen LogP contribution in [-0.4, -0.2) is 57.6 Å². The lowest BCUT2D eigenvalue weighted by Gasteiger charge is -2.34. The van der Waals surface area contributed by atoms with E-state index in [0.29, 0.717) is 5.65 Å². The van der Waals surface area contributed by atoms with Gasteiger partial charge in [-0.15, -0.1) is 0 Å². The Balaban J connectivity index is 1.66. The van der Waals surface area contributed by atoms with Gasteiger partial charge in [0.25, 0.3) is 0 Å². The van der Waals surface area contributed by atoms with Gasteiger partial charge >= 0.3 is 5.69 Å². The van der Waals surface area contributed by atoms with Gasteiger partial charge in [0, 0.05) is 43.5 Å². The van der Waals surface area contributed by atoms with Crippen molar-refractivity contribution in [2.45, 2.75) is 0 Å². The van der Waals surface area contributed by atoms with Crippen LogP contribution in [0.2, 0.25) is 0 Å². The Morgan fingerprint density at radius 1 is 1.16 bits per heavy atom. The molecule has 0 saturated carbocycles. The second kappa shape index (κ2) is 6.14. The van der Waals surface area contributed by atoms with E-state index < -0.39 is 4.92 Å². The molecule has 8 nitrogen and oxygen atoms in total. The first-order valence-corrected chi connectivity index (χ1v) is 8.14. The van der Waals surface area contributed by atoms with Gasteiger partial charge in [0.1, 0.15) is 12.4 Å². The number of hydrogen-bond acceptors (Lipinski definition) is 6. The lowest BCUT2D eigenvalue weighted by molar-refractivity contribution is -0.385. The van der Waals surface area contributed by atoms with Crippen LogP contribution in [0.3, 0.4) is 0 Å². The standard InChI is InChI=1S/C17H18N6O2/c1-20-5-7-21(8-6-20)14-4-2-3-13(9-14)16-10-17-18-11-15(23(24)25)12-22(17)19-16/h2-4,9-12H,5-8H2,1H3. The molecule has 0 radical (unpaired) electrons. The molecule has 1 saturated heterocycles. The first-order chi connectivity index (χ1) is 12.1. The Morgan fingerprint density at radius 2 is 1.96 bits per heavy atom. The van der Waals surface area contributed by atoms with Crippen molar-refractivity contribution in [3.8, 4) is 11.3 Å². The summed E-state index contributed by atoms with van der Waals surface area (Å²) in [5.41, 5.74) is 3.41. The van der Waals surface area contributed by atoms with E-state index >= 15 is 0 Å². The van der Waals surface area contributed by atoms with Crippen LogP contribution in [0.5, 0.6) is 0 Å². The molecule has 0 unspecified atom stereocenters. The van der Waals surface area contributed by atoms with Gasteiger partial charge in [-0.2, -0.15) is 5.10 Å². The number of benzene rings is 1. The van der Waals surface area contributed by atoms with Crippen LogP contribution in [0.4, 0.5) is 11.4 Å². The highest BCUT2D eigenvalue weighted by Crippen LogP contribution is 2.25. The molecule has 128 valence electrons. The van der Waals surface area contributed by atoms with Crippen LogP contribution in [-0.2, 0) is 0 Å². The van der Waals surface area contributed by atoms with Crippen molar-refractivity contribution in [2.24, 2.45) is 0 Å². The summed E-state index contributed by atoms with van der Waals surface area (Å²) in [7, 11) is 2.14. The van der Waals surface area contributed by atoms with E-state index in [4.69, 9.17) is 0 Å². The van der Waals surface area contributed by atoms with E-state index in [9.17, 15) is 10.1 Å². The van der Waals surface area contributed by atoms with Crippen LogP contribution < -0.4 is 4.90 Å². The Hall–Kier alpha value is -3.00. The zero-order valence-corrected chi connectivity index (χ0v) is 13.9. The van der Waals surface area contributed by atoms with Crippen LogP contribution in [0.15, 0.2) is 42.7 Å². The van der Waals surface area contributed by atoms with Crippen molar-refractivity contribution < 1.29 is 4.92 Å². The Kier molecular flexibility index (Phi) is 3.81. The van der Waals surface area contributed by atoms with Crippen molar-refractivity contribution in [1.29, 1.82) is 0 Å². The maximum Gasteiger partial charge on any atom is 0.305 e. The summed E-state index contributed by atoms with van der Waals surface area (Å²) in [6.07, 6.45) is 2.64. The van der Waals surface area contributed by atoms with E-state index in [1.807, 2.05) is 18.2 Å². The van der Waals surface area contributed by atoms with E-state index in [0.717, 1.165) is 37.4 Å². The number of fused-ring (bicyclic) bond motifs is 1. The monoisotopic (exact) mass is 338 g/mol. The number of hydrogen-bond donors (Lipinski definition) is 0. The van der Waals surface area contributed by atoms with Crippen molar-refractivity contribution in [3.63, 3.8) is 0 Å². The molecule has 1 aliphatic rings. The fourth-order valence-electron chi connectivity index (χ4n) is 3.03. The molecule has 0 bridgehead atoms. The van der Waals surface area contributed by atoms with Gasteiger partial charge in [-0.05, 0) is 19.2 Å².